The van der Waals surface area contributed by atoms with Crippen molar-refractivity contribution in [3.63, 3.8) is 0 Å². The molecule has 3 aromatic rings. The monoisotopic (exact) mass is 381 g/mol. The van der Waals surface area contributed by atoms with Crippen molar-refractivity contribution in [2.45, 2.75) is 25.4 Å². The summed E-state index contributed by atoms with van der Waals surface area (Å²) in [6, 6.07) is 13.6. The van der Waals surface area contributed by atoms with Crippen LogP contribution in [0.25, 0.3) is 5.65 Å². The van der Waals surface area contributed by atoms with E-state index in [0.29, 0.717) is 50.5 Å². The lowest BCUT2D eigenvalue weighted by Crippen LogP contribution is -2.42. The minimum atomic E-state index is -0.0593. The van der Waals surface area contributed by atoms with Crippen LogP contribution in [0.4, 0.5) is 0 Å². The van der Waals surface area contributed by atoms with Crippen LogP contribution in [-0.2, 0) is 16.0 Å². The molecule has 4 rings (SSSR count). The number of ether oxygens (including phenoxy) is 2. The van der Waals surface area contributed by atoms with Crippen molar-refractivity contribution in [2.75, 3.05) is 26.8 Å². The van der Waals surface area contributed by atoms with E-state index < -0.39 is 0 Å². The molecule has 8 nitrogen and oxygen atoms in total. The number of hydrogen-bond acceptors (Lipinski definition) is 6. The summed E-state index contributed by atoms with van der Waals surface area (Å²) < 4.78 is 12.7. The molecule has 146 valence electrons. The van der Waals surface area contributed by atoms with Crippen LogP contribution in [0.3, 0.4) is 0 Å². The maximum Gasteiger partial charge on any atom is 0.231 e. The van der Waals surface area contributed by atoms with Gasteiger partial charge in [-0.05, 0) is 18.1 Å². The molecule has 1 unspecified atom stereocenters. The number of morpholine rings is 1. The van der Waals surface area contributed by atoms with Gasteiger partial charge in [0.15, 0.2) is 11.5 Å². The maximum absolute atomic E-state index is 12.7. The Morgan fingerprint density at radius 1 is 1.21 bits per heavy atom. The molecule has 0 bridgehead atoms. The molecule has 1 aliphatic heterocycles. The van der Waals surface area contributed by atoms with Crippen LogP contribution < -0.4 is 4.74 Å². The summed E-state index contributed by atoms with van der Waals surface area (Å²) in [7, 11) is 1.57. The van der Waals surface area contributed by atoms with Gasteiger partial charge < -0.3 is 14.4 Å². The molecule has 1 atom stereocenters. The van der Waals surface area contributed by atoms with Gasteiger partial charge in [0.1, 0.15) is 6.10 Å². The summed E-state index contributed by atoms with van der Waals surface area (Å²) in [4.78, 5) is 14.6. The summed E-state index contributed by atoms with van der Waals surface area (Å²) in [6.07, 6.45) is 1.71. The normalized spacial score (nSPS) is 17.0. The molecule has 2 aromatic heterocycles. The zero-order valence-corrected chi connectivity index (χ0v) is 15.8. The molecule has 0 N–H and O–H groups in total. The second kappa shape index (κ2) is 8.35. The number of hydrogen-bond donors (Lipinski definition) is 0. The van der Waals surface area contributed by atoms with Gasteiger partial charge in [0.05, 0.1) is 20.3 Å². The van der Waals surface area contributed by atoms with Crippen molar-refractivity contribution >= 4 is 11.6 Å². The highest BCUT2D eigenvalue weighted by Gasteiger charge is 2.25. The fraction of sp³-hybridized carbons (Fsp3) is 0.400. The van der Waals surface area contributed by atoms with Crippen LogP contribution in [-0.4, -0.2) is 57.4 Å². The van der Waals surface area contributed by atoms with Gasteiger partial charge in [0, 0.05) is 25.5 Å². The minimum absolute atomic E-state index is 0.0593. The SMILES string of the molecule is COc1ccc2nnc(CCCC(=O)N3CCOC(c4ccccc4)C3)n2n1. The minimum Gasteiger partial charge on any atom is -0.480 e. The first-order chi connectivity index (χ1) is 13.7. The van der Waals surface area contributed by atoms with Gasteiger partial charge in [0.2, 0.25) is 11.8 Å². The van der Waals surface area contributed by atoms with Crippen molar-refractivity contribution < 1.29 is 14.3 Å². The smallest absolute Gasteiger partial charge is 0.231 e. The van der Waals surface area contributed by atoms with Crippen LogP contribution in [0.2, 0.25) is 0 Å². The first-order valence-electron chi connectivity index (χ1n) is 9.44. The lowest BCUT2D eigenvalue weighted by atomic mass is 10.1. The van der Waals surface area contributed by atoms with E-state index in [1.165, 1.54) is 0 Å². The van der Waals surface area contributed by atoms with Gasteiger partial charge in [-0.25, -0.2) is 0 Å². The molecule has 3 heterocycles. The van der Waals surface area contributed by atoms with E-state index >= 15 is 0 Å². The molecular formula is C20H23N5O3. The zero-order chi connectivity index (χ0) is 19.3. The Balaban J connectivity index is 1.33. The molecule has 0 aliphatic carbocycles. The van der Waals surface area contributed by atoms with E-state index in [2.05, 4.69) is 15.3 Å². The Kier molecular flexibility index (Phi) is 5.48. The third-order valence-electron chi connectivity index (χ3n) is 4.89. The number of nitrogens with zero attached hydrogens (tertiary/aromatic N) is 5. The summed E-state index contributed by atoms with van der Waals surface area (Å²) in [5.74, 6) is 1.37. The predicted molar refractivity (Wildman–Crippen MR) is 102 cm³/mol. The van der Waals surface area contributed by atoms with Crippen LogP contribution in [0.5, 0.6) is 5.88 Å². The highest BCUT2D eigenvalue weighted by atomic mass is 16.5. The number of benzene rings is 1. The van der Waals surface area contributed by atoms with Gasteiger partial charge >= 0.3 is 0 Å². The number of methoxy groups -OCH3 is 1. The Bertz CT molecular complexity index is 943. The van der Waals surface area contributed by atoms with E-state index in [9.17, 15) is 4.79 Å². The third-order valence-corrected chi connectivity index (χ3v) is 4.89. The number of rotatable bonds is 6. The van der Waals surface area contributed by atoms with Crippen LogP contribution in [0, 0.1) is 0 Å². The second-order valence-corrected chi connectivity index (χ2v) is 6.73. The molecule has 1 aliphatic rings. The van der Waals surface area contributed by atoms with Gasteiger partial charge in [0.25, 0.3) is 0 Å². The van der Waals surface area contributed by atoms with E-state index in [1.54, 1.807) is 17.7 Å². The van der Waals surface area contributed by atoms with Crippen molar-refractivity contribution in [1.29, 1.82) is 0 Å². The van der Waals surface area contributed by atoms with Crippen LogP contribution >= 0.6 is 0 Å². The van der Waals surface area contributed by atoms with Crippen molar-refractivity contribution in [1.82, 2.24) is 24.7 Å². The molecular weight excluding hydrogens is 358 g/mol. The van der Waals surface area contributed by atoms with Gasteiger partial charge in [-0.1, -0.05) is 30.3 Å². The molecule has 1 amide bonds. The number of carbonyl (C=O) groups excluding carboxylic acids is 1. The van der Waals surface area contributed by atoms with E-state index in [-0.39, 0.29) is 12.0 Å². The van der Waals surface area contributed by atoms with E-state index in [4.69, 9.17) is 9.47 Å². The van der Waals surface area contributed by atoms with Crippen molar-refractivity contribution in [2.24, 2.45) is 0 Å². The fourth-order valence-corrected chi connectivity index (χ4v) is 3.38. The lowest BCUT2D eigenvalue weighted by Gasteiger charge is -2.33. The predicted octanol–water partition coefficient (Wildman–Crippen LogP) is 2.06. The van der Waals surface area contributed by atoms with Crippen LogP contribution in [0.1, 0.15) is 30.3 Å². The maximum atomic E-state index is 12.7. The number of aromatic nitrogens is 4. The van der Waals surface area contributed by atoms with Gasteiger partial charge in [-0.3, -0.25) is 4.79 Å². The molecule has 28 heavy (non-hydrogen) atoms. The summed E-state index contributed by atoms with van der Waals surface area (Å²) in [5.41, 5.74) is 1.77. The summed E-state index contributed by atoms with van der Waals surface area (Å²) in [5, 5.41) is 12.6. The number of amides is 1. The fourth-order valence-electron chi connectivity index (χ4n) is 3.38. The van der Waals surface area contributed by atoms with Gasteiger partial charge in [-0.2, -0.15) is 4.52 Å². The first-order valence-corrected chi connectivity index (χ1v) is 9.44. The highest BCUT2D eigenvalue weighted by molar-refractivity contribution is 5.76. The third kappa shape index (κ3) is 3.96. The molecule has 1 saturated heterocycles. The quantitative estimate of drug-likeness (QED) is 0.650. The Morgan fingerprint density at radius 3 is 2.89 bits per heavy atom. The largest absolute Gasteiger partial charge is 0.480 e. The second-order valence-electron chi connectivity index (χ2n) is 6.73. The van der Waals surface area contributed by atoms with E-state index in [1.807, 2.05) is 41.3 Å². The number of aryl methyl sites for hydroxylation is 1. The molecule has 1 fully saturated rings. The average molecular weight is 381 g/mol. The Morgan fingerprint density at radius 2 is 2.07 bits per heavy atom. The summed E-state index contributed by atoms with van der Waals surface area (Å²) >= 11 is 0. The first kappa shape index (κ1) is 18.4. The number of carbonyl (C=O) groups is 1. The van der Waals surface area contributed by atoms with Crippen LogP contribution in [0.15, 0.2) is 42.5 Å². The average Bonchev–Trinajstić information content (AvgIpc) is 3.16. The van der Waals surface area contributed by atoms with Gasteiger partial charge in [-0.15, -0.1) is 15.3 Å². The standard InChI is InChI=1S/C20H23N5O3/c1-27-19-11-10-18-22-21-17(25(18)23-19)8-5-9-20(26)24-12-13-28-16(14-24)15-6-3-2-4-7-15/h2-4,6-7,10-11,16H,5,8-9,12-14H2,1H3. The van der Waals surface area contributed by atoms with Crippen molar-refractivity contribution in [3.05, 3.63) is 53.9 Å². The highest BCUT2D eigenvalue weighted by Crippen LogP contribution is 2.22. The molecule has 0 radical (unpaired) electrons. The van der Waals surface area contributed by atoms with E-state index in [0.717, 1.165) is 11.4 Å². The zero-order valence-electron chi connectivity index (χ0n) is 15.8. The summed E-state index contributed by atoms with van der Waals surface area (Å²) in [6.45, 7) is 1.79. The lowest BCUT2D eigenvalue weighted by molar-refractivity contribution is -0.139. The topological polar surface area (TPSA) is 81.9 Å². The molecule has 1 aromatic carbocycles. The Labute approximate surface area is 163 Å². The molecule has 0 saturated carbocycles. The molecule has 8 heteroatoms. The molecule has 0 spiro atoms. The number of fused-ring (bicyclic) bond motifs is 1. The van der Waals surface area contributed by atoms with Crippen molar-refractivity contribution in [3.8, 4) is 5.88 Å². The Hall–Kier alpha value is -3.00.